The molecule has 1 heterocycles. The summed E-state index contributed by atoms with van der Waals surface area (Å²) >= 11 is 0. The molecule has 1 aliphatic rings. The maximum absolute atomic E-state index is 11.2. The van der Waals surface area contributed by atoms with Gasteiger partial charge in [0.15, 0.2) is 0 Å². The van der Waals surface area contributed by atoms with Gasteiger partial charge in [-0.25, -0.2) is 4.79 Å². The summed E-state index contributed by atoms with van der Waals surface area (Å²) < 4.78 is 0. The van der Waals surface area contributed by atoms with Gasteiger partial charge in [-0.3, -0.25) is 0 Å². The van der Waals surface area contributed by atoms with Crippen LogP contribution in [0.5, 0.6) is 0 Å². The Kier molecular flexibility index (Phi) is 3.72. The number of nitrogen functional groups attached to an aromatic ring is 1. The van der Waals surface area contributed by atoms with Crippen LogP contribution in [0.1, 0.15) is 23.2 Å². The number of aromatic carboxylic acids is 1. The van der Waals surface area contributed by atoms with Crippen molar-refractivity contribution in [1.82, 2.24) is 0 Å². The molecule has 1 atom stereocenters. The molecule has 98 valence electrons. The largest absolute Gasteiger partial charge is 0.478 e. The summed E-state index contributed by atoms with van der Waals surface area (Å²) in [7, 11) is 0. The normalized spacial score (nSPS) is 19.8. The molecular formula is C13H18N2O3. The smallest absolute Gasteiger partial charge is 0.337 e. The molecular weight excluding hydrogens is 232 g/mol. The van der Waals surface area contributed by atoms with Crippen LogP contribution in [0.15, 0.2) is 18.2 Å². The van der Waals surface area contributed by atoms with E-state index in [1.807, 2.05) is 4.90 Å². The minimum Gasteiger partial charge on any atom is -0.478 e. The topological polar surface area (TPSA) is 86.8 Å². The number of hydrogen-bond donors (Lipinski definition) is 3. The van der Waals surface area contributed by atoms with Gasteiger partial charge >= 0.3 is 5.97 Å². The molecule has 1 aromatic carbocycles. The molecule has 0 aromatic heterocycles. The number of hydrogen-bond acceptors (Lipinski definition) is 4. The molecule has 0 aliphatic carbocycles. The van der Waals surface area contributed by atoms with Gasteiger partial charge in [-0.15, -0.1) is 0 Å². The molecule has 2 rings (SSSR count). The summed E-state index contributed by atoms with van der Waals surface area (Å²) in [5.74, 6) is -0.749. The maximum Gasteiger partial charge on any atom is 0.337 e. The summed E-state index contributed by atoms with van der Waals surface area (Å²) in [5.41, 5.74) is 7.00. The van der Waals surface area contributed by atoms with Crippen molar-refractivity contribution in [2.45, 2.75) is 12.8 Å². The third-order valence-electron chi connectivity index (χ3n) is 3.37. The van der Waals surface area contributed by atoms with Crippen molar-refractivity contribution >= 4 is 17.3 Å². The zero-order valence-corrected chi connectivity index (χ0v) is 10.2. The van der Waals surface area contributed by atoms with Crippen LogP contribution in [0, 0.1) is 5.92 Å². The lowest BCUT2D eigenvalue weighted by atomic mass is 9.97. The molecule has 5 nitrogen and oxygen atoms in total. The van der Waals surface area contributed by atoms with E-state index in [0.29, 0.717) is 17.9 Å². The van der Waals surface area contributed by atoms with Gasteiger partial charge in [0.05, 0.1) is 11.3 Å². The number of nitrogens with two attached hydrogens (primary N) is 1. The molecule has 1 fully saturated rings. The lowest BCUT2D eigenvalue weighted by Gasteiger charge is -2.34. The standard InChI is InChI=1S/C13H18N2O3/c14-10-3-4-12(11(6-10)13(17)18)15-5-1-2-9(7-15)8-16/h3-4,6,9,16H,1-2,5,7-8,14H2,(H,17,18). The zero-order valence-electron chi connectivity index (χ0n) is 10.2. The van der Waals surface area contributed by atoms with E-state index >= 15 is 0 Å². The summed E-state index contributed by atoms with van der Waals surface area (Å²) in [5, 5.41) is 18.4. The highest BCUT2D eigenvalue weighted by molar-refractivity contribution is 5.95. The van der Waals surface area contributed by atoms with E-state index in [1.54, 1.807) is 12.1 Å². The minimum atomic E-state index is -0.969. The van der Waals surface area contributed by atoms with Gasteiger partial charge in [0, 0.05) is 25.4 Å². The molecule has 5 heteroatoms. The minimum absolute atomic E-state index is 0.147. The molecule has 4 N–H and O–H groups in total. The fraction of sp³-hybridized carbons (Fsp3) is 0.462. The van der Waals surface area contributed by atoms with Crippen molar-refractivity contribution in [3.05, 3.63) is 23.8 Å². The van der Waals surface area contributed by atoms with Crippen LogP contribution in [0.2, 0.25) is 0 Å². The third kappa shape index (κ3) is 2.56. The second-order valence-electron chi connectivity index (χ2n) is 4.72. The Morgan fingerprint density at radius 1 is 1.50 bits per heavy atom. The molecule has 1 unspecified atom stereocenters. The van der Waals surface area contributed by atoms with E-state index in [4.69, 9.17) is 5.73 Å². The van der Waals surface area contributed by atoms with E-state index in [1.165, 1.54) is 6.07 Å². The molecule has 1 aromatic rings. The van der Waals surface area contributed by atoms with Crippen LogP contribution >= 0.6 is 0 Å². The highest BCUT2D eigenvalue weighted by Crippen LogP contribution is 2.27. The number of aliphatic hydroxyl groups excluding tert-OH is 1. The van der Waals surface area contributed by atoms with Crippen molar-refractivity contribution in [3.63, 3.8) is 0 Å². The Morgan fingerprint density at radius 3 is 2.94 bits per heavy atom. The van der Waals surface area contributed by atoms with Gasteiger partial charge in [-0.05, 0) is 37.0 Å². The summed E-state index contributed by atoms with van der Waals surface area (Å²) in [6, 6.07) is 4.95. The number of nitrogens with zero attached hydrogens (tertiary/aromatic N) is 1. The van der Waals surface area contributed by atoms with E-state index in [2.05, 4.69) is 0 Å². The molecule has 0 radical (unpaired) electrons. The summed E-state index contributed by atoms with van der Waals surface area (Å²) in [4.78, 5) is 13.3. The Morgan fingerprint density at radius 2 is 2.28 bits per heavy atom. The zero-order chi connectivity index (χ0) is 13.1. The van der Waals surface area contributed by atoms with Gasteiger partial charge in [-0.2, -0.15) is 0 Å². The molecule has 1 aliphatic heterocycles. The predicted molar refractivity (Wildman–Crippen MR) is 69.8 cm³/mol. The molecule has 1 saturated heterocycles. The monoisotopic (exact) mass is 250 g/mol. The van der Waals surface area contributed by atoms with Crippen LogP contribution < -0.4 is 10.6 Å². The number of carboxylic acids is 1. The number of rotatable bonds is 3. The van der Waals surface area contributed by atoms with E-state index < -0.39 is 5.97 Å². The van der Waals surface area contributed by atoms with Gasteiger partial charge < -0.3 is 20.8 Å². The Bertz CT molecular complexity index is 448. The molecule has 0 bridgehead atoms. The fourth-order valence-electron chi connectivity index (χ4n) is 2.43. The number of piperidine rings is 1. The first-order valence-electron chi connectivity index (χ1n) is 6.10. The molecule has 0 amide bonds. The second kappa shape index (κ2) is 5.27. The van der Waals surface area contributed by atoms with E-state index in [0.717, 1.165) is 19.4 Å². The lowest BCUT2D eigenvalue weighted by Crippen LogP contribution is -2.37. The van der Waals surface area contributed by atoms with Crippen molar-refractivity contribution < 1.29 is 15.0 Å². The fourth-order valence-corrected chi connectivity index (χ4v) is 2.43. The molecule has 0 spiro atoms. The number of carboxylic acid groups (broad SMARTS) is 1. The maximum atomic E-state index is 11.2. The van der Waals surface area contributed by atoms with E-state index in [9.17, 15) is 15.0 Å². The number of aliphatic hydroxyl groups is 1. The van der Waals surface area contributed by atoms with E-state index in [-0.39, 0.29) is 18.1 Å². The van der Waals surface area contributed by atoms with Crippen molar-refractivity contribution in [2.75, 3.05) is 30.3 Å². The SMILES string of the molecule is Nc1ccc(N2CCCC(CO)C2)c(C(=O)O)c1. The quantitative estimate of drug-likeness (QED) is 0.701. The van der Waals surface area contributed by atoms with Crippen LogP contribution in [-0.2, 0) is 0 Å². The highest BCUT2D eigenvalue weighted by Gasteiger charge is 2.23. The Labute approximate surface area is 106 Å². The average Bonchev–Trinajstić information content (AvgIpc) is 2.38. The third-order valence-corrected chi connectivity index (χ3v) is 3.37. The van der Waals surface area contributed by atoms with Crippen LogP contribution in [-0.4, -0.2) is 35.9 Å². The summed E-state index contributed by atoms with van der Waals surface area (Å²) in [6.07, 6.45) is 1.96. The number of carbonyl (C=O) groups is 1. The average molecular weight is 250 g/mol. The number of benzene rings is 1. The first kappa shape index (κ1) is 12.7. The molecule has 0 saturated carbocycles. The van der Waals surface area contributed by atoms with Gasteiger partial charge in [0.1, 0.15) is 0 Å². The van der Waals surface area contributed by atoms with Gasteiger partial charge in [-0.1, -0.05) is 0 Å². The van der Waals surface area contributed by atoms with Crippen LogP contribution in [0.3, 0.4) is 0 Å². The Balaban J connectivity index is 2.29. The predicted octanol–water partition coefficient (Wildman–Crippen LogP) is 1.18. The van der Waals surface area contributed by atoms with Gasteiger partial charge in [0.2, 0.25) is 0 Å². The van der Waals surface area contributed by atoms with Crippen molar-refractivity contribution in [3.8, 4) is 0 Å². The lowest BCUT2D eigenvalue weighted by molar-refractivity contribution is 0.0697. The second-order valence-corrected chi connectivity index (χ2v) is 4.72. The van der Waals surface area contributed by atoms with Crippen molar-refractivity contribution in [1.29, 1.82) is 0 Å². The summed E-state index contributed by atoms with van der Waals surface area (Å²) in [6.45, 7) is 1.66. The first-order valence-corrected chi connectivity index (χ1v) is 6.10. The highest BCUT2D eigenvalue weighted by atomic mass is 16.4. The molecule has 18 heavy (non-hydrogen) atoms. The van der Waals surface area contributed by atoms with Gasteiger partial charge in [0.25, 0.3) is 0 Å². The van der Waals surface area contributed by atoms with Crippen molar-refractivity contribution in [2.24, 2.45) is 5.92 Å². The Hall–Kier alpha value is -1.75. The van der Waals surface area contributed by atoms with Crippen LogP contribution in [0.4, 0.5) is 11.4 Å². The van der Waals surface area contributed by atoms with Crippen LogP contribution in [0.25, 0.3) is 0 Å². The first-order chi connectivity index (χ1) is 8.61. The number of anilines is 2.